The van der Waals surface area contributed by atoms with Crippen molar-refractivity contribution in [2.75, 3.05) is 18.6 Å². The van der Waals surface area contributed by atoms with Crippen molar-refractivity contribution in [3.05, 3.63) is 0 Å². The summed E-state index contributed by atoms with van der Waals surface area (Å²) < 4.78 is 0. The van der Waals surface area contributed by atoms with Crippen LogP contribution in [0.4, 0.5) is 0 Å². The van der Waals surface area contributed by atoms with Gasteiger partial charge in [0.2, 0.25) is 11.8 Å². The van der Waals surface area contributed by atoms with Crippen LogP contribution in [-0.4, -0.2) is 46.8 Å². The minimum absolute atomic E-state index is 0.00431. The van der Waals surface area contributed by atoms with Gasteiger partial charge in [-0.2, -0.15) is 11.8 Å². The average molecular weight is 314 g/mol. The molecule has 0 radical (unpaired) electrons. The minimum atomic E-state index is -0.707. The highest BCUT2D eigenvalue weighted by molar-refractivity contribution is 7.98. The standard InChI is InChI=1S/C16H30N2O2S/c1-7-16(8-2)15(20)18(9-12(5)10-21-6)13(11(3)4)14(19)17-16/h11-13H,7-10H2,1-6H3,(H,17,19). The number of thioether (sulfide) groups is 1. The molecule has 0 spiro atoms. The van der Waals surface area contributed by atoms with E-state index < -0.39 is 5.54 Å². The van der Waals surface area contributed by atoms with Crippen LogP contribution >= 0.6 is 11.8 Å². The number of nitrogens with zero attached hydrogens (tertiary/aromatic N) is 1. The predicted molar refractivity (Wildman–Crippen MR) is 89.3 cm³/mol. The number of piperazine rings is 1. The van der Waals surface area contributed by atoms with Crippen LogP contribution in [0.1, 0.15) is 47.5 Å². The number of amides is 2. The molecule has 1 N–H and O–H groups in total. The number of carbonyl (C=O) groups is 2. The summed E-state index contributed by atoms with van der Waals surface area (Å²) >= 11 is 1.78. The van der Waals surface area contributed by atoms with Gasteiger partial charge in [-0.3, -0.25) is 9.59 Å². The Hall–Kier alpha value is -0.710. The maximum atomic E-state index is 13.0. The number of nitrogens with one attached hydrogen (secondary N) is 1. The van der Waals surface area contributed by atoms with Crippen LogP contribution in [0.3, 0.4) is 0 Å². The third kappa shape index (κ3) is 3.74. The second-order valence-corrected chi connectivity index (χ2v) is 7.40. The van der Waals surface area contributed by atoms with Crippen LogP contribution in [0.25, 0.3) is 0 Å². The zero-order valence-corrected chi connectivity index (χ0v) is 15.0. The first kappa shape index (κ1) is 18.3. The van der Waals surface area contributed by atoms with Crippen LogP contribution in [0.15, 0.2) is 0 Å². The summed E-state index contributed by atoms with van der Waals surface area (Å²) in [6, 6.07) is -0.340. The van der Waals surface area contributed by atoms with Crippen molar-refractivity contribution in [1.82, 2.24) is 10.2 Å². The minimum Gasteiger partial charge on any atom is -0.340 e. The predicted octanol–water partition coefficient (Wildman–Crippen LogP) is 2.53. The van der Waals surface area contributed by atoms with Gasteiger partial charge in [0.15, 0.2) is 0 Å². The average Bonchev–Trinajstić information content (AvgIpc) is 2.42. The van der Waals surface area contributed by atoms with E-state index in [0.29, 0.717) is 25.3 Å². The molecule has 4 nitrogen and oxygen atoms in total. The highest BCUT2D eigenvalue weighted by Gasteiger charge is 2.49. The summed E-state index contributed by atoms with van der Waals surface area (Å²) in [7, 11) is 0. The van der Waals surface area contributed by atoms with E-state index >= 15 is 0 Å². The summed E-state index contributed by atoms with van der Waals surface area (Å²) in [5.74, 6) is 1.62. The molecular formula is C16H30N2O2S. The molecule has 0 bridgehead atoms. The fourth-order valence-electron chi connectivity index (χ4n) is 3.17. The lowest BCUT2D eigenvalue weighted by Gasteiger charge is -2.47. The monoisotopic (exact) mass is 314 g/mol. The SMILES string of the molecule is CCC1(CC)NC(=O)C(C(C)C)N(CC(C)CSC)C1=O. The first-order valence-electron chi connectivity index (χ1n) is 7.95. The molecule has 1 fully saturated rings. The molecule has 1 aliphatic heterocycles. The van der Waals surface area contributed by atoms with Crippen molar-refractivity contribution in [2.45, 2.75) is 59.0 Å². The Labute approximate surface area is 133 Å². The van der Waals surface area contributed by atoms with Crippen LogP contribution in [0, 0.1) is 11.8 Å². The summed E-state index contributed by atoms with van der Waals surface area (Å²) in [6.45, 7) is 10.8. The second kappa shape index (κ2) is 7.52. The van der Waals surface area contributed by atoms with Crippen molar-refractivity contribution in [3.8, 4) is 0 Å². The van der Waals surface area contributed by atoms with E-state index in [4.69, 9.17) is 0 Å². The van der Waals surface area contributed by atoms with Crippen LogP contribution in [0.5, 0.6) is 0 Å². The molecule has 0 saturated carbocycles. The molecule has 21 heavy (non-hydrogen) atoms. The van der Waals surface area contributed by atoms with Crippen LogP contribution in [-0.2, 0) is 9.59 Å². The van der Waals surface area contributed by atoms with Crippen molar-refractivity contribution < 1.29 is 9.59 Å². The van der Waals surface area contributed by atoms with Crippen LogP contribution < -0.4 is 5.32 Å². The lowest BCUT2D eigenvalue weighted by Crippen LogP contribution is -2.71. The number of rotatable bonds is 7. The summed E-state index contributed by atoms with van der Waals surface area (Å²) in [4.78, 5) is 27.4. The van der Waals surface area contributed by atoms with Gasteiger partial charge in [0.05, 0.1) is 0 Å². The van der Waals surface area contributed by atoms with Gasteiger partial charge in [0.25, 0.3) is 0 Å². The van der Waals surface area contributed by atoms with Gasteiger partial charge in [-0.1, -0.05) is 34.6 Å². The molecule has 0 aromatic rings. The smallest absolute Gasteiger partial charge is 0.249 e. The first-order valence-corrected chi connectivity index (χ1v) is 9.34. The molecule has 5 heteroatoms. The summed E-state index contributed by atoms with van der Waals surface area (Å²) in [5.41, 5.74) is -0.707. The Bertz CT molecular complexity index is 380. The Balaban J connectivity index is 3.09. The lowest BCUT2D eigenvalue weighted by atomic mass is 9.84. The number of carbonyl (C=O) groups excluding carboxylic acids is 2. The van der Waals surface area contributed by atoms with Crippen LogP contribution in [0.2, 0.25) is 0 Å². The number of hydrogen-bond donors (Lipinski definition) is 1. The third-order valence-corrected chi connectivity index (χ3v) is 5.34. The third-order valence-electron chi connectivity index (χ3n) is 4.44. The molecule has 122 valence electrons. The lowest BCUT2D eigenvalue weighted by molar-refractivity contribution is -0.158. The fraction of sp³-hybridized carbons (Fsp3) is 0.875. The topological polar surface area (TPSA) is 49.4 Å². The van der Waals surface area contributed by atoms with Crippen molar-refractivity contribution in [1.29, 1.82) is 0 Å². The Morgan fingerprint density at radius 1 is 1.24 bits per heavy atom. The normalized spacial score (nSPS) is 23.4. The highest BCUT2D eigenvalue weighted by Crippen LogP contribution is 2.28. The largest absolute Gasteiger partial charge is 0.340 e. The zero-order valence-electron chi connectivity index (χ0n) is 14.2. The maximum Gasteiger partial charge on any atom is 0.249 e. The molecule has 0 aromatic heterocycles. The molecule has 1 rings (SSSR count). The van der Waals surface area contributed by atoms with Gasteiger partial charge in [-0.05, 0) is 36.7 Å². The van der Waals surface area contributed by atoms with Crippen molar-refractivity contribution in [2.24, 2.45) is 11.8 Å². The van der Waals surface area contributed by atoms with E-state index in [0.717, 1.165) is 5.75 Å². The van der Waals surface area contributed by atoms with E-state index in [9.17, 15) is 9.59 Å². The molecular weight excluding hydrogens is 284 g/mol. The summed E-state index contributed by atoms with van der Waals surface area (Å²) in [6.07, 6.45) is 3.36. The van der Waals surface area contributed by atoms with Crippen molar-refractivity contribution in [3.63, 3.8) is 0 Å². The second-order valence-electron chi connectivity index (χ2n) is 6.49. The van der Waals surface area contributed by atoms with Gasteiger partial charge < -0.3 is 10.2 Å². The first-order chi connectivity index (χ1) is 9.82. The Morgan fingerprint density at radius 3 is 2.24 bits per heavy atom. The Morgan fingerprint density at radius 2 is 1.81 bits per heavy atom. The van der Waals surface area contributed by atoms with E-state index in [1.807, 2.05) is 32.6 Å². The van der Waals surface area contributed by atoms with E-state index in [-0.39, 0.29) is 23.8 Å². The van der Waals surface area contributed by atoms with Gasteiger partial charge in [-0.25, -0.2) is 0 Å². The maximum absolute atomic E-state index is 13.0. The zero-order chi connectivity index (χ0) is 16.2. The molecule has 0 aliphatic carbocycles. The van der Waals surface area contributed by atoms with Gasteiger partial charge in [-0.15, -0.1) is 0 Å². The molecule has 0 aromatic carbocycles. The number of hydrogen-bond acceptors (Lipinski definition) is 3. The van der Waals surface area contributed by atoms with Gasteiger partial charge in [0, 0.05) is 6.54 Å². The van der Waals surface area contributed by atoms with Gasteiger partial charge in [0.1, 0.15) is 11.6 Å². The molecule has 2 unspecified atom stereocenters. The quantitative estimate of drug-likeness (QED) is 0.785. The van der Waals surface area contributed by atoms with E-state index in [1.165, 1.54) is 0 Å². The van der Waals surface area contributed by atoms with Crippen molar-refractivity contribution >= 4 is 23.6 Å². The molecule has 1 saturated heterocycles. The van der Waals surface area contributed by atoms with E-state index in [1.54, 1.807) is 11.8 Å². The summed E-state index contributed by atoms with van der Waals surface area (Å²) in [5, 5.41) is 3.01. The molecule has 2 atom stereocenters. The Kier molecular flexibility index (Phi) is 6.57. The molecule has 1 heterocycles. The molecule has 1 aliphatic rings. The van der Waals surface area contributed by atoms with E-state index in [2.05, 4.69) is 18.5 Å². The van der Waals surface area contributed by atoms with Gasteiger partial charge >= 0.3 is 0 Å². The fourth-order valence-corrected chi connectivity index (χ4v) is 3.84. The highest BCUT2D eigenvalue weighted by atomic mass is 32.2. The molecule has 2 amide bonds.